The van der Waals surface area contributed by atoms with Gasteiger partial charge < -0.3 is 24.4 Å². The number of thioether (sulfide) groups is 1. The van der Waals surface area contributed by atoms with Gasteiger partial charge in [0.05, 0.1) is 13.2 Å². The molecule has 9 nitrogen and oxygen atoms in total. The summed E-state index contributed by atoms with van der Waals surface area (Å²) in [5, 5.41) is 2.23. The molecule has 41 heavy (non-hydrogen) atoms. The van der Waals surface area contributed by atoms with Gasteiger partial charge in [0, 0.05) is 18.8 Å². The fourth-order valence-electron chi connectivity index (χ4n) is 4.86. The van der Waals surface area contributed by atoms with Crippen molar-refractivity contribution >= 4 is 29.7 Å². The summed E-state index contributed by atoms with van der Waals surface area (Å²) in [6, 6.07) is 18.2. The molecule has 2 unspecified atom stereocenters. The van der Waals surface area contributed by atoms with Crippen LogP contribution < -0.4 is 5.32 Å². The second-order valence-electron chi connectivity index (χ2n) is 11.0. The summed E-state index contributed by atoms with van der Waals surface area (Å²) < 4.78 is 17.0. The Balaban J connectivity index is 1.44. The highest BCUT2D eigenvalue weighted by atomic mass is 32.2. The molecule has 2 saturated heterocycles. The number of carbonyl (C=O) groups excluding carboxylic acids is 3. The van der Waals surface area contributed by atoms with Crippen LogP contribution in [-0.4, -0.2) is 76.8 Å². The third-order valence-electron chi connectivity index (χ3n) is 6.83. The molecule has 0 saturated carbocycles. The van der Waals surface area contributed by atoms with E-state index in [1.807, 2.05) is 72.9 Å². The smallest absolute Gasteiger partial charge is 0.408 e. The van der Waals surface area contributed by atoms with Crippen molar-refractivity contribution in [2.75, 3.05) is 32.1 Å². The van der Waals surface area contributed by atoms with Gasteiger partial charge in [0.2, 0.25) is 0 Å². The molecule has 2 amide bonds. The highest BCUT2D eigenvalue weighted by Crippen LogP contribution is 2.42. The first kappa shape index (κ1) is 28.8. The van der Waals surface area contributed by atoms with Gasteiger partial charge in [-0.3, -0.25) is 9.69 Å². The fourth-order valence-corrected chi connectivity index (χ4v) is 6.18. The van der Waals surface area contributed by atoms with Crippen molar-refractivity contribution in [3.8, 4) is 0 Å². The number of rotatable bonds is 7. The van der Waals surface area contributed by atoms with E-state index in [0.29, 0.717) is 24.5 Å². The molecule has 0 aliphatic carbocycles. The Kier molecular flexibility index (Phi) is 8.70. The topological polar surface area (TPSA) is 97.4 Å². The predicted molar refractivity (Wildman–Crippen MR) is 156 cm³/mol. The van der Waals surface area contributed by atoms with E-state index >= 15 is 0 Å². The highest BCUT2D eigenvalue weighted by molar-refractivity contribution is 8.00. The van der Waals surface area contributed by atoms with Crippen LogP contribution in [0.15, 0.2) is 84.2 Å². The van der Waals surface area contributed by atoms with Gasteiger partial charge in [-0.25, -0.2) is 9.59 Å². The number of benzene rings is 2. The first-order valence-corrected chi connectivity index (χ1v) is 14.7. The number of carbonyl (C=O) groups is 3. The van der Waals surface area contributed by atoms with Crippen LogP contribution in [0.1, 0.15) is 38.0 Å². The molecular weight excluding hydrogens is 542 g/mol. The number of allylic oxidation sites excluding steroid dienone is 1. The Morgan fingerprint density at radius 3 is 2.22 bits per heavy atom. The van der Waals surface area contributed by atoms with Crippen molar-refractivity contribution in [3.05, 3.63) is 95.3 Å². The number of fused-ring (bicyclic) bond motifs is 1. The van der Waals surface area contributed by atoms with Gasteiger partial charge in [-0.05, 0) is 49.7 Å². The highest BCUT2D eigenvalue weighted by Gasteiger charge is 2.54. The molecule has 1 N–H and O–H groups in total. The summed E-state index contributed by atoms with van der Waals surface area (Å²) in [6.07, 6.45) is 2.49. The SMILES string of the molecule is CC(C)(C)OC(=O)NC1C(=O)N2C(C(=O)OC(c3ccccc3)c3ccccc3)=C(/C=C/N3CCOCC3)CSC12. The summed E-state index contributed by atoms with van der Waals surface area (Å²) in [6.45, 7) is 8.03. The summed E-state index contributed by atoms with van der Waals surface area (Å²) in [4.78, 5) is 43.5. The maximum atomic E-state index is 14.0. The van der Waals surface area contributed by atoms with E-state index in [9.17, 15) is 14.4 Å². The molecule has 2 atom stereocenters. The van der Waals surface area contributed by atoms with E-state index in [4.69, 9.17) is 14.2 Å². The molecule has 5 rings (SSSR count). The van der Waals surface area contributed by atoms with Gasteiger partial charge >= 0.3 is 12.1 Å². The molecule has 2 aromatic carbocycles. The normalized spacial score (nSPS) is 21.0. The third-order valence-corrected chi connectivity index (χ3v) is 8.13. The summed E-state index contributed by atoms with van der Waals surface area (Å²) >= 11 is 1.49. The molecule has 3 aliphatic rings. The van der Waals surface area contributed by atoms with E-state index in [-0.39, 0.29) is 11.6 Å². The molecular formula is C31H35N3O6S. The maximum absolute atomic E-state index is 14.0. The lowest BCUT2D eigenvalue weighted by Crippen LogP contribution is -2.70. The fraction of sp³-hybridized carbons (Fsp3) is 0.387. The molecule has 3 aliphatic heterocycles. The van der Waals surface area contributed by atoms with Crippen LogP contribution >= 0.6 is 11.8 Å². The number of nitrogens with zero attached hydrogens (tertiary/aromatic N) is 2. The second-order valence-corrected chi connectivity index (χ2v) is 12.1. The van der Waals surface area contributed by atoms with E-state index in [1.165, 1.54) is 16.7 Å². The van der Waals surface area contributed by atoms with Crippen LogP contribution in [-0.2, 0) is 23.8 Å². The monoisotopic (exact) mass is 577 g/mol. The zero-order chi connectivity index (χ0) is 29.0. The van der Waals surface area contributed by atoms with Gasteiger partial charge in [0.25, 0.3) is 5.91 Å². The van der Waals surface area contributed by atoms with Crippen LogP contribution in [0, 0.1) is 0 Å². The molecule has 2 aromatic rings. The van der Waals surface area contributed by atoms with Gasteiger partial charge in [-0.15, -0.1) is 11.8 Å². The molecule has 10 heteroatoms. The van der Waals surface area contributed by atoms with Crippen LogP contribution in [0.4, 0.5) is 4.79 Å². The van der Waals surface area contributed by atoms with Crippen molar-refractivity contribution in [1.29, 1.82) is 0 Å². The van der Waals surface area contributed by atoms with E-state index in [2.05, 4.69) is 10.2 Å². The van der Waals surface area contributed by atoms with Crippen molar-refractivity contribution in [2.24, 2.45) is 0 Å². The Morgan fingerprint density at radius 2 is 1.63 bits per heavy atom. The number of esters is 1. The minimum Gasteiger partial charge on any atom is -0.448 e. The zero-order valence-corrected chi connectivity index (χ0v) is 24.3. The molecule has 0 bridgehead atoms. The number of nitrogens with one attached hydrogen (secondary N) is 1. The van der Waals surface area contributed by atoms with Crippen molar-refractivity contribution in [3.63, 3.8) is 0 Å². The Hall–Kier alpha value is -3.76. The van der Waals surface area contributed by atoms with Crippen molar-refractivity contribution < 1.29 is 28.6 Å². The van der Waals surface area contributed by atoms with Crippen LogP contribution in [0.5, 0.6) is 0 Å². The average molecular weight is 578 g/mol. The van der Waals surface area contributed by atoms with E-state index in [0.717, 1.165) is 24.2 Å². The zero-order valence-electron chi connectivity index (χ0n) is 23.4. The first-order valence-electron chi connectivity index (χ1n) is 13.7. The minimum atomic E-state index is -0.804. The number of morpholine rings is 1. The van der Waals surface area contributed by atoms with Crippen LogP contribution in [0.3, 0.4) is 0 Å². The summed E-state index contributed by atoms with van der Waals surface area (Å²) in [5.41, 5.74) is 1.82. The van der Waals surface area contributed by atoms with Crippen molar-refractivity contribution in [1.82, 2.24) is 15.1 Å². The quantitative estimate of drug-likeness (QED) is 0.386. The molecule has 0 spiro atoms. The third kappa shape index (κ3) is 6.77. The Bertz CT molecular complexity index is 1280. The number of ether oxygens (including phenoxy) is 3. The first-order chi connectivity index (χ1) is 19.7. The minimum absolute atomic E-state index is 0.197. The average Bonchev–Trinajstić information content (AvgIpc) is 2.97. The number of alkyl carbamates (subject to hydrolysis) is 1. The maximum Gasteiger partial charge on any atom is 0.408 e. The molecule has 216 valence electrons. The number of hydrogen-bond donors (Lipinski definition) is 1. The van der Waals surface area contributed by atoms with Gasteiger partial charge in [-0.2, -0.15) is 0 Å². The molecule has 2 fully saturated rings. The van der Waals surface area contributed by atoms with Crippen molar-refractivity contribution in [2.45, 2.75) is 43.9 Å². The number of β-lactam (4-membered cyclic amide) rings is 1. The Labute approximate surface area is 244 Å². The van der Waals surface area contributed by atoms with E-state index < -0.39 is 35.2 Å². The lowest BCUT2D eigenvalue weighted by molar-refractivity contribution is -0.153. The number of hydrogen-bond acceptors (Lipinski definition) is 8. The van der Waals surface area contributed by atoms with Gasteiger partial charge in [0.1, 0.15) is 22.7 Å². The Morgan fingerprint density at radius 1 is 1.02 bits per heavy atom. The van der Waals surface area contributed by atoms with Crippen LogP contribution in [0.2, 0.25) is 0 Å². The lowest BCUT2D eigenvalue weighted by atomic mass is 10.0. The number of amides is 2. The van der Waals surface area contributed by atoms with Crippen LogP contribution in [0.25, 0.3) is 0 Å². The summed E-state index contributed by atoms with van der Waals surface area (Å²) in [7, 11) is 0. The van der Waals surface area contributed by atoms with Gasteiger partial charge in [-0.1, -0.05) is 60.7 Å². The predicted octanol–water partition coefficient (Wildman–Crippen LogP) is 4.23. The second kappa shape index (κ2) is 12.4. The largest absolute Gasteiger partial charge is 0.448 e. The molecule has 3 heterocycles. The summed E-state index contributed by atoms with van der Waals surface area (Å²) in [5.74, 6) is -0.514. The molecule has 0 radical (unpaired) electrons. The standard InChI is InChI=1S/C31H35N3O6S/c1-31(2,3)40-30(37)32-24-27(35)34-25(23(20-41-28(24)34)14-15-33-16-18-38-19-17-33)29(36)39-26(21-10-6-4-7-11-21)22-12-8-5-9-13-22/h4-15,24,26,28H,16-20H2,1-3H3,(H,32,37)/b15-14+. The van der Waals surface area contributed by atoms with Gasteiger partial charge in [0.15, 0.2) is 6.10 Å². The molecule has 0 aromatic heterocycles. The van der Waals surface area contributed by atoms with E-state index in [1.54, 1.807) is 20.8 Å². The lowest BCUT2D eigenvalue weighted by Gasteiger charge is -2.49.